The molecule has 2 N–H and O–H groups in total. The molecule has 0 amide bonds. The molecule has 5 atom stereocenters. The summed E-state index contributed by atoms with van der Waals surface area (Å²) < 4.78 is 49.2. The molecule has 13 heteroatoms. The average Bonchev–Trinajstić information content (AvgIpc) is 3.26. The van der Waals surface area contributed by atoms with Gasteiger partial charge in [-0.15, -0.1) is 0 Å². The maximum atomic E-state index is 12.0. The Morgan fingerprint density at radius 2 is 1.28 bits per heavy atom. The number of likely N-dealkylation sites (N-methyl/N-ethyl adjacent to an activating group) is 2. The van der Waals surface area contributed by atoms with Crippen molar-refractivity contribution < 1.29 is 41.7 Å². The summed E-state index contributed by atoms with van der Waals surface area (Å²) in [6.45, 7) is 1.36. The predicted molar refractivity (Wildman–Crippen MR) is 106 cm³/mol. The van der Waals surface area contributed by atoms with Crippen LogP contribution in [0.2, 0.25) is 0 Å². The fourth-order valence-corrected chi connectivity index (χ4v) is 4.93. The lowest BCUT2D eigenvalue weighted by Crippen LogP contribution is -2.30. The minimum Gasteiger partial charge on any atom is -0.377 e. The molecule has 0 aromatic carbocycles. The lowest BCUT2D eigenvalue weighted by Gasteiger charge is -2.23. The fourth-order valence-electron chi connectivity index (χ4n) is 3.35. The second-order valence-electron chi connectivity index (χ2n) is 7.53. The fraction of sp³-hybridized carbons (Fsp3) is 1.00. The van der Waals surface area contributed by atoms with Crippen molar-refractivity contribution in [2.24, 2.45) is 0 Å². The van der Waals surface area contributed by atoms with E-state index in [-0.39, 0.29) is 38.5 Å². The van der Waals surface area contributed by atoms with Crippen molar-refractivity contribution in [3.8, 4) is 0 Å². The zero-order valence-corrected chi connectivity index (χ0v) is 19.1. The van der Waals surface area contributed by atoms with Crippen LogP contribution in [0, 0.1) is 0 Å². The highest BCUT2D eigenvalue weighted by Crippen LogP contribution is 2.45. The number of ether oxygens (including phenoxy) is 1. The van der Waals surface area contributed by atoms with Gasteiger partial charge in [0.15, 0.2) is 0 Å². The van der Waals surface area contributed by atoms with E-state index in [1.807, 2.05) is 14.1 Å². The van der Waals surface area contributed by atoms with E-state index in [1.165, 1.54) is 7.11 Å². The van der Waals surface area contributed by atoms with Crippen LogP contribution >= 0.6 is 15.6 Å². The Kier molecular flexibility index (Phi) is 10.2. The van der Waals surface area contributed by atoms with Crippen LogP contribution in [0.1, 0.15) is 25.7 Å². The van der Waals surface area contributed by atoms with Gasteiger partial charge in [-0.05, 0) is 52.9 Å². The summed E-state index contributed by atoms with van der Waals surface area (Å²) in [6.07, 6.45) is 2.99. The van der Waals surface area contributed by atoms with Crippen LogP contribution in [0.3, 0.4) is 0 Å². The first-order valence-electron chi connectivity index (χ1n) is 9.79. The van der Waals surface area contributed by atoms with Crippen molar-refractivity contribution in [1.82, 2.24) is 9.80 Å². The minimum atomic E-state index is -4.27. The molecular formula is C16H34N2O9P2. The number of rotatable bonds is 13. The molecule has 2 heterocycles. The monoisotopic (exact) mass is 460 g/mol. The molecule has 0 aromatic rings. The average molecular weight is 460 g/mol. The first-order chi connectivity index (χ1) is 13.6. The van der Waals surface area contributed by atoms with Crippen LogP contribution in [0.25, 0.3) is 0 Å². The summed E-state index contributed by atoms with van der Waals surface area (Å²) >= 11 is 0. The SMILES string of the molecule is COC(COP(=O)(O)OC[C@H]1CCCN1C)COP(=O)(O)OC[C@@H]1CCCN1C. The van der Waals surface area contributed by atoms with Gasteiger partial charge in [-0.1, -0.05) is 0 Å². The highest BCUT2D eigenvalue weighted by Gasteiger charge is 2.31. The molecule has 11 nitrogen and oxygen atoms in total. The standard InChI is InChI=1S/C16H34N2O9P2/c1-17-8-4-6-14(17)10-24-28(19,20)26-12-16(23-3)13-27-29(21,22)25-11-15-7-5-9-18(15)2/h14-16H,4-13H2,1-3H3,(H,19,20)(H,21,22)/t14-,15+,16?. The summed E-state index contributed by atoms with van der Waals surface area (Å²) in [5.74, 6) is 0. The molecule has 3 unspecified atom stereocenters. The van der Waals surface area contributed by atoms with Gasteiger partial charge in [0.1, 0.15) is 6.10 Å². The van der Waals surface area contributed by atoms with Crippen molar-refractivity contribution in [1.29, 1.82) is 0 Å². The van der Waals surface area contributed by atoms with E-state index in [2.05, 4.69) is 9.80 Å². The zero-order valence-electron chi connectivity index (χ0n) is 17.3. The van der Waals surface area contributed by atoms with Crippen LogP contribution in [0.5, 0.6) is 0 Å². The maximum Gasteiger partial charge on any atom is 0.472 e. The second-order valence-corrected chi connectivity index (χ2v) is 10.4. The third kappa shape index (κ3) is 9.01. The number of phosphoric ester groups is 2. The van der Waals surface area contributed by atoms with Gasteiger partial charge < -0.3 is 24.3 Å². The van der Waals surface area contributed by atoms with Gasteiger partial charge in [0.05, 0.1) is 26.4 Å². The molecule has 2 fully saturated rings. The third-order valence-electron chi connectivity index (χ3n) is 5.38. The van der Waals surface area contributed by atoms with Crippen LogP contribution in [0.4, 0.5) is 0 Å². The zero-order chi connectivity index (χ0) is 21.5. The first-order valence-corrected chi connectivity index (χ1v) is 12.8. The van der Waals surface area contributed by atoms with Crippen molar-refractivity contribution in [2.75, 3.05) is 60.7 Å². The Balaban J connectivity index is 1.68. The Bertz CT molecular complexity index is 549. The lowest BCUT2D eigenvalue weighted by molar-refractivity contribution is -0.000365. The Morgan fingerprint density at radius 1 is 0.862 bits per heavy atom. The number of methoxy groups -OCH3 is 1. The normalized spacial score (nSPS) is 29.0. The molecule has 0 radical (unpaired) electrons. The van der Waals surface area contributed by atoms with Crippen molar-refractivity contribution >= 4 is 15.6 Å². The molecule has 0 aromatic heterocycles. The summed E-state index contributed by atoms with van der Waals surface area (Å²) in [4.78, 5) is 23.8. The Labute approximate surface area is 172 Å². The Hall–Kier alpha value is 0.1000. The molecule has 2 aliphatic heterocycles. The first kappa shape index (κ1) is 25.4. The van der Waals surface area contributed by atoms with Gasteiger partial charge in [0, 0.05) is 19.2 Å². The predicted octanol–water partition coefficient (Wildman–Crippen LogP) is 1.46. The van der Waals surface area contributed by atoms with Crippen LogP contribution < -0.4 is 0 Å². The summed E-state index contributed by atoms with van der Waals surface area (Å²) in [5.41, 5.74) is 0. The van der Waals surface area contributed by atoms with Gasteiger partial charge in [0.2, 0.25) is 0 Å². The smallest absolute Gasteiger partial charge is 0.377 e. The van der Waals surface area contributed by atoms with Gasteiger partial charge >= 0.3 is 15.6 Å². The van der Waals surface area contributed by atoms with E-state index < -0.39 is 21.7 Å². The van der Waals surface area contributed by atoms with E-state index in [9.17, 15) is 18.9 Å². The quantitative estimate of drug-likeness (QED) is 0.388. The van der Waals surface area contributed by atoms with E-state index >= 15 is 0 Å². The number of hydrogen-bond acceptors (Lipinski definition) is 9. The number of hydrogen-bond donors (Lipinski definition) is 2. The van der Waals surface area contributed by atoms with Crippen molar-refractivity contribution in [2.45, 2.75) is 43.9 Å². The highest BCUT2D eigenvalue weighted by molar-refractivity contribution is 7.47. The minimum absolute atomic E-state index is 0.0805. The van der Waals surface area contributed by atoms with Crippen LogP contribution in [-0.2, 0) is 32.0 Å². The molecule has 2 saturated heterocycles. The highest BCUT2D eigenvalue weighted by atomic mass is 31.2. The number of likely N-dealkylation sites (tertiary alicyclic amines) is 2. The molecule has 0 spiro atoms. The van der Waals surface area contributed by atoms with Gasteiger partial charge in [-0.25, -0.2) is 9.13 Å². The number of nitrogens with zero attached hydrogens (tertiary/aromatic N) is 2. The molecular weight excluding hydrogens is 426 g/mol. The topological polar surface area (TPSA) is 127 Å². The summed E-state index contributed by atoms with van der Waals surface area (Å²) in [5, 5.41) is 0. The van der Waals surface area contributed by atoms with E-state index in [0.717, 1.165) is 38.8 Å². The van der Waals surface area contributed by atoms with Gasteiger partial charge in [0.25, 0.3) is 0 Å². The van der Waals surface area contributed by atoms with Crippen molar-refractivity contribution in [3.63, 3.8) is 0 Å². The molecule has 0 aliphatic carbocycles. The van der Waals surface area contributed by atoms with Crippen molar-refractivity contribution in [3.05, 3.63) is 0 Å². The van der Waals surface area contributed by atoms with E-state index in [1.54, 1.807) is 0 Å². The van der Waals surface area contributed by atoms with Gasteiger partial charge in [-0.2, -0.15) is 0 Å². The van der Waals surface area contributed by atoms with E-state index in [0.29, 0.717) is 0 Å². The molecule has 2 rings (SSSR count). The number of phosphoric acid groups is 2. The van der Waals surface area contributed by atoms with Crippen LogP contribution in [0.15, 0.2) is 0 Å². The molecule has 2 aliphatic rings. The molecule has 0 saturated carbocycles. The van der Waals surface area contributed by atoms with Crippen LogP contribution in [-0.4, -0.2) is 98.5 Å². The largest absolute Gasteiger partial charge is 0.472 e. The molecule has 29 heavy (non-hydrogen) atoms. The Morgan fingerprint density at radius 3 is 1.59 bits per heavy atom. The van der Waals surface area contributed by atoms with Gasteiger partial charge in [-0.3, -0.25) is 18.1 Å². The maximum absolute atomic E-state index is 12.0. The third-order valence-corrected chi connectivity index (χ3v) is 7.29. The molecule has 0 bridgehead atoms. The second kappa shape index (κ2) is 11.6. The van der Waals surface area contributed by atoms with E-state index in [4.69, 9.17) is 22.8 Å². The summed E-state index contributed by atoms with van der Waals surface area (Å²) in [7, 11) is -3.33. The lowest BCUT2D eigenvalue weighted by atomic mass is 10.2. The summed E-state index contributed by atoms with van der Waals surface area (Å²) in [6, 6.07) is 0.161. The molecule has 172 valence electrons.